The Morgan fingerprint density at radius 2 is 2.04 bits per heavy atom. The molecule has 0 bridgehead atoms. The van der Waals surface area contributed by atoms with Crippen molar-refractivity contribution in [3.8, 4) is 5.75 Å². The molecule has 0 spiro atoms. The van der Waals surface area contributed by atoms with Crippen molar-refractivity contribution >= 4 is 49.1 Å². The molecule has 3 aromatic rings. The van der Waals surface area contributed by atoms with Gasteiger partial charge in [-0.1, -0.05) is 15.9 Å². The molecule has 0 unspecified atom stereocenters. The summed E-state index contributed by atoms with van der Waals surface area (Å²) in [6.07, 6.45) is 0. The van der Waals surface area contributed by atoms with Crippen molar-refractivity contribution in [1.29, 1.82) is 0 Å². The van der Waals surface area contributed by atoms with E-state index >= 15 is 0 Å². The van der Waals surface area contributed by atoms with Crippen molar-refractivity contribution in [3.05, 3.63) is 62.7 Å². The third-order valence-electron chi connectivity index (χ3n) is 3.06. The van der Waals surface area contributed by atoms with Gasteiger partial charge in [-0.25, -0.2) is 13.8 Å². The average molecular weight is 446 g/mol. The molecule has 0 saturated heterocycles. The number of nitrogens with two attached hydrogens (primary N) is 1. The number of nitrogens with zero attached hydrogens (tertiary/aromatic N) is 2. The van der Waals surface area contributed by atoms with Crippen LogP contribution in [0.5, 0.6) is 5.75 Å². The van der Waals surface area contributed by atoms with Gasteiger partial charge in [0, 0.05) is 12.1 Å². The van der Waals surface area contributed by atoms with Crippen LogP contribution in [0.15, 0.2) is 30.3 Å². The Morgan fingerprint density at radius 1 is 1.35 bits per heavy atom. The molecule has 3 rings (SSSR count). The Bertz CT molecular complexity index is 996. The molecule has 0 radical (unpaired) electrons. The second kappa shape index (κ2) is 8.15. The lowest BCUT2D eigenvalue weighted by Gasteiger charge is -2.00. The number of aromatic hydroxyl groups is 1. The zero-order valence-corrected chi connectivity index (χ0v) is 15.2. The first-order chi connectivity index (χ1) is 12.2. The van der Waals surface area contributed by atoms with Crippen molar-refractivity contribution in [3.63, 3.8) is 0 Å². The van der Waals surface area contributed by atoms with E-state index in [4.69, 9.17) is 5.11 Å². The van der Waals surface area contributed by atoms with Gasteiger partial charge in [0.05, 0.1) is 20.5 Å². The molecule has 0 aliphatic carbocycles. The highest BCUT2D eigenvalue weighted by Crippen LogP contribution is 2.26. The van der Waals surface area contributed by atoms with Gasteiger partial charge >= 0.3 is 0 Å². The number of primary amides is 1. The Balaban J connectivity index is 0.000000190. The number of nitro benzene ring substituents is 1. The van der Waals surface area contributed by atoms with E-state index in [1.807, 2.05) is 0 Å². The smallest absolute Gasteiger partial charge is 0.271 e. The number of hydrogen-bond donors (Lipinski definition) is 2. The number of benzene rings is 2. The number of thiazole rings is 1. The molecule has 7 nitrogen and oxygen atoms in total. The lowest BCUT2D eigenvalue weighted by Crippen LogP contribution is -2.15. The minimum atomic E-state index is -1.33. The normalized spacial score (nSPS) is 10.3. The number of rotatable bonds is 3. The molecule has 26 heavy (non-hydrogen) atoms. The summed E-state index contributed by atoms with van der Waals surface area (Å²) in [4.78, 5) is 24.8. The molecular formula is C15H10BrF2N3O4S. The molecule has 0 aliphatic rings. The lowest BCUT2D eigenvalue weighted by atomic mass is 10.2. The highest BCUT2D eigenvalue weighted by molar-refractivity contribution is 9.08. The van der Waals surface area contributed by atoms with Crippen LogP contribution in [-0.2, 0) is 5.33 Å². The van der Waals surface area contributed by atoms with Crippen molar-refractivity contribution in [1.82, 2.24) is 4.98 Å². The number of carbonyl (C=O) groups is 1. The molecule has 0 atom stereocenters. The zero-order chi connectivity index (χ0) is 19.4. The molecule has 1 aromatic heterocycles. The van der Waals surface area contributed by atoms with Crippen molar-refractivity contribution in [2.75, 3.05) is 0 Å². The second-order valence-electron chi connectivity index (χ2n) is 4.77. The lowest BCUT2D eigenvalue weighted by molar-refractivity contribution is -0.384. The van der Waals surface area contributed by atoms with Crippen LogP contribution in [0.3, 0.4) is 0 Å². The molecule has 0 fully saturated rings. The largest absolute Gasteiger partial charge is 0.505 e. The van der Waals surface area contributed by atoms with Crippen molar-refractivity contribution < 1.29 is 23.6 Å². The summed E-state index contributed by atoms with van der Waals surface area (Å²) in [5, 5.41) is 20.8. The van der Waals surface area contributed by atoms with Crippen molar-refractivity contribution in [2.45, 2.75) is 5.33 Å². The van der Waals surface area contributed by atoms with E-state index in [1.165, 1.54) is 23.5 Å². The van der Waals surface area contributed by atoms with Gasteiger partial charge in [-0.15, -0.1) is 11.3 Å². The first kappa shape index (κ1) is 19.7. The summed E-state index contributed by atoms with van der Waals surface area (Å²) in [7, 11) is 0. The molecule has 11 heteroatoms. The van der Waals surface area contributed by atoms with E-state index in [-0.39, 0.29) is 5.69 Å². The van der Waals surface area contributed by atoms with Crippen LogP contribution in [0.4, 0.5) is 14.5 Å². The number of fused-ring (bicyclic) bond motifs is 1. The number of aromatic nitrogens is 1. The highest BCUT2D eigenvalue weighted by atomic mass is 79.9. The minimum absolute atomic E-state index is 0.0870. The summed E-state index contributed by atoms with van der Waals surface area (Å²) < 4.78 is 26.3. The maximum atomic E-state index is 12.7. The average Bonchev–Trinajstić information content (AvgIpc) is 3.01. The minimum Gasteiger partial charge on any atom is -0.505 e. The maximum absolute atomic E-state index is 12.7. The summed E-state index contributed by atoms with van der Waals surface area (Å²) in [5.74, 6) is -4.47. The van der Waals surface area contributed by atoms with Gasteiger partial charge in [-0.3, -0.25) is 14.9 Å². The van der Waals surface area contributed by atoms with Crippen LogP contribution < -0.4 is 5.73 Å². The summed E-state index contributed by atoms with van der Waals surface area (Å²) in [5.41, 5.74) is 4.51. The summed E-state index contributed by atoms with van der Waals surface area (Å²) >= 11 is 4.83. The molecule has 2 aromatic carbocycles. The van der Waals surface area contributed by atoms with Crippen LogP contribution in [0.1, 0.15) is 15.4 Å². The Morgan fingerprint density at radius 3 is 2.58 bits per heavy atom. The quantitative estimate of drug-likeness (QED) is 0.360. The topological polar surface area (TPSA) is 119 Å². The van der Waals surface area contributed by atoms with E-state index < -0.39 is 33.8 Å². The van der Waals surface area contributed by atoms with Gasteiger partial charge in [0.1, 0.15) is 16.4 Å². The Labute approximate surface area is 157 Å². The molecule has 1 amide bonds. The third-order valence-corrected chi connectivity index (χ3v) is 5.00. The fraction of sp³-hybridized carbons (Fsp3) is 0.0667. The first-order valence-electron chi connectivity index (χ1n) is 6.81. The van der Waals surface area contributed by atoms with Crippen LogP contribution in [-0.4, -0.2) is 20.9 Å². The fourth-order valence-corrected chi connectivity index (χ4v) is 3.17. The van der Waals surface area contributed by atoms with Gasteiger partial charge in [0.25, 0.3) is 11.6 Å². The molecule has 0 saturated carbocycles. The first-order valence-corrected chi connectivity index (χ1v) is 8.75. The number of alkyl halides is 1. The summed E-state index contributed by atoms with van der Waals surface area (Å²) in [6, 6.07) is 6.30. The monoisotopic (exact) mass is 445 g/mol. The predicted molar refractivity (Wildman–Crippen MR) is 95.4 cm³/mol. The van der Waals surface area contributed by atoms with Gasteiger partial charge in [0.2, 0.25) is 0 Å². The molecule has 3 N–H and O–H groups in total. The van der Waals surface area contributed by atoms with Crippen molar-refractivity contribution in [2.24, 2.45) is 5.73 Å². The number of hydrogen-bond acceptors (Lipinski definition) is 6. The van der Waals surface area contributed by atoms with E-state index in [0.717, 1.165) is 21.8 Å². The Kier molecular flexibility index (Phi) is 6.16. The van der Waals surface area contributed by atoms with Gasteiger partial charge < -0.3 is 10.8 Å². The Hall–Kier alpha value is -2.66. The van der Waals surface area contributed by atoms with Crippen LogP contribution >= 0.6 is 27.3 Å². The number of phenols is 1. The molecular weight excluding hydrogens is 436 g/mol. The molecule has 1 heterocycles. The number of non-ortho nitro benzene ring substituents is 1. The predicted octanol–water partition coefficient (Wildman–Crippen LogP) is 3.87. The van der Waals surface area contributed by atoms with E-state index in [9.17, 15) is 23.7 Å². The molecule has 136 valence electrons. The second-order valence-corrected chi connectivity index (χ2v) is 6.45. The van der Waals surface area contributed by atoms with Gasteiger partial charge in [-0.2, -0.15) is 0 Å². The number of phenolic OH excluding ortho intramolecular Hbond substituents is 1. The number of amides is 1. The highest BCUT2D eigenvalue weighted by Gasteiger charge is 2.17. The van der Waals surface area contributed by atoms with E-state index in [1.54, 1.807) is 6.07 Å². The van der Waals surface area contributed by atoms with Gasteiger partial charge in [-0.05, 0) is 18.2 Å². The third kappa shape index (κ3) is 4.29. The SMILES string of the molecule is NC(=O)c1c(F)ccc(O)c1F.O=[N+]([O-])c1ccc2sc(CBr)nc2c1. The number of halogens is 3. The van der Waals surface area contributed by atoms with Gasteiger partial charge in [0.15, 0.2) is 11.6 Å². The van der Waals surface area contributed by atoms with E-state index in [2.05, 4.69) is 26.6 Å². The number of nitro groups is 1. The van der Waals surface area contributed by atoms with Crippen LogP contribution in [0, 0.1) is 21.7 Å². The maximum Gasteiger partial charge on any atom is 0.271 e. The number of carbonyl (C=O) groups excluding carboxylic acids is 1. The fourth-order valence-electron chi connectivity index (χ4n) is 1.90. The standard InChI is InChI=1S/C8H5BrN2O2S.C7H5F2NO2/c9-4-8-10-6-3-5(11(12)13)1-2-7(6)14-8;8-3-1-2-4(11)6(9)5(3)7(10)12/h1-3H,4H2;1-2,11H,(H2,10,12). The summed E-state index contributed by atoms with van der Waals surface area (Å²) in [6.45, 7) is 0. The van der Waals surface area contributed by atoms with E-state index in [0.29, 0.717) is 10.8 Å². The molecule has 0 aliphatic heterocycles. The zero-order valence-electron chi connectivity index (χ0n) is 12.8. The van der Waals surface area contributed by atoms with Crippen LogP contribution in [0.2, 0.25) is 0 Å². The van der Waals surface area contributed by atoms with Crippen LogP contribution in [0.25, 0.3) is 10.2 Å².